The summed E-state index contributed by atoms with van der Waals surface area (Å²) in [6.45, 7) is 11.6. The zero-order valence-electron chi connectivity index (χ0n) is 19.4. The van der Waals surface area contributed by atoms with E-state index in [1.54, 1.807) is 0 Å². The van der Waals surface area contributed by atoms with Crippen LogP contribution in [-0.4, -0.2) is 79.6 Å². The van der Waals surface area contributed by atoms with Gasteiger partial charge in [-0.25, -0.2) is 4.98 Å². The van der Waals surface area contributed by atoms with Gasteiger partial charge in [-0.2, -0.15) is 0 Å². The Morgan fingerprint density at radius 1 is 0.844 bits per heavy atom. The normalized spacial score (nSPS) is 18.3. The van der Waals surface area contributed by atoms with Crippen molar-refractivity contribution < 1.29 is 4.79 Å². The van der Waals surface area contributed by atoms with E-state index < -0.39 is 0 Å². The first-order valence-electron chi connectivity index (χ1n) is 12.3. The van der Waals surface area contributed by atoms with Crippen LogP contribution < -0.4 is 10.2 Å². The number of aromatic nitrogens is 1. The Bertz CT molecular complexity index is 836. The van der Waals surface area contributed by atoms with Crippen LogP contribution in [0.25, 0.3) is 11.1 Å². The number of nitrogens with one attached hydrogen (secondary N) is 1. The molecule has 0 bridgehead atoms. The van der Waals surface area contributed by atoms with Gasteiger partial charge in [-0.3, -0.25) is 9.69 Å². The van der Waals surface area contributed by atoms with Crippen molar-refractivity contribution in [2.45, 2.75) is 32.6 Å². The summed E-state index contributed by atoms with van der Waals surface area (Å²) < 4.78 is 0. The monoisotopic (exact) mass is 435 g/mol. The predicted molar refractivity (Wildman–Crippen MR) is 131 cm³/mol. The molecule has 0 atom stereocenters. The molecule has 4 rings (SSSR count). The largest absolute Gasteiger partial charge is 0.357 e. The van der Waals surface area contributed by atoms with Gasteiger partial charge in [0.1, 0.15) is 5.82 Å². The summed E-state index contributed by atoms with van der Waals surface area (Å²) in [5.74, 6) is 1.07. The van der Waals surface area contributed by atoms with Crippen molar-refractivity contribution in [3.8, 4) is 11.1 Å². The van der Waals surface area contributed by atoms with Crippen LogP contribution in [0.3, 0.4) is 0 Å². The molecular formula is C26H37N5O. The predicted octanol–water partition coefficient (Wildman–Crippen LogP) is 3.50. The van der Waals surface area contributed by atoms with E-state index in [1.165, 1.54) is 25.7 Å². The Hall–Kier alpha value is -2.44. The second-order valence-corrected chi connectivity index (χ2v) is 8.92. The lowest BCUT2D eigenvalue weighted by Crippen LogP contribution is -2.48. The van der Waals surface area contributed by atoms with Gasteiger partial charge in [-0.1, -0.05) is 31.9 Å². The number of amides is 1. The molecular weight excluding hydrogens is 398 g/mol. The molecule has 2 aromatic rings. The number of piperazine rings is 1. The number of hydrogen-bond donors (Lipinski definition) is 1. The minimum Gasteiger partial charge on any atom is -0.357 e. The summed E-state index contributed by atoms with van der Waals surface area (Å²) in [5, 5.41) is 3.07. The summed E-state index contributed by atoms with van der Waals surface area (Å²) in [5.41, 5.74) is 2.88. The first-order valence-corrected chi connectivity index (χ1v) is 12.3. The molecule has 2 aliphatic rings. The molecule has 172 valence electrons. The average Bonchev–Trinajstić information content (AvgIpc) is 3.14. The second kappa shape index (κ2) is 11.4. The van der Waals surface area contributed by atoms with Gasteiger partial charge in [0, 0.05) is 69.7 Å². The van der Waals surface area contributed by atoms with Crippen molar-refractivity contribution in [1.82, 2.24) is 20.1 Å². The van der Waals surface area contributed by atoms with E-state index in [9.17, 15) is 4.79 Å². The van der Waals surface area contributed by atoms with Crippen LogP contribution in [0, 0.1) is 0 Å². The Balaban J connectivity index is 1.26. The third-order valence-corrected chi connectivity index (χ3v) is 6.78. The van der Waals surface area contributed by atoms with E-state index in [0.29, 0.717) is 12.1 Å². The van der Waals surface area contributed by atoms with Crippen molar-refractivity contribution in [2.24, 2.45) is 0 Å². The van der Waals surface area contributed by atoms with Crippen LogP contribution in [0.1, 0.15) is 43.0 Å². The van der Waals surface area contributed by atoms with E-state index in [0.717, 1.165) is 69.3 Å². The molecule has 0 spiro atoms. The highest BCUT2D eigenvalue weighted by Gasteiger charge is 2.15. The van der Waals surface area contributed by atoms with Crippen molar-refractivity contribution in [1.29, 1.82) is 0 Å². The average molecular weight is 436 g/mol. The Morgan fingerprint density at radius 2 is 1.50 bits per heavy atom. The number of carbonyl (C=O) groups is 1. The quantitative estimate of drug-likeness (QED) is 0.721. The zero-order chi connectivity index (χ0) is 22.2. The maximum absolute atomic E-state index is 12.5. The van der Waals surface area contributed by atoms with Gasteiger partial charge in [-0.05, 0) is 49.2 Å². The molecule has 1 aromatic heterocycles. The molecule has 2 aliphatic heterocycles. The van der Waals surface area contributed by atoms with Crippen molar-refractivity contribution in [3.05, 3.63) is 48.2 Å². The van der Waals surface area contributed by atoms with Crippen LogP contribution in [-0.2, 0) is 0 Å². The molecule has 1 N–H and O–H groups in total. The number of rotatable bonds is 7. The Labute approximate surface area is 192 Å². The van der Waals surface area contributed by atoms with E-state index in [2.05, 4.69) is 39.1 Å². The molecule has 3 heterocycles. The van der Waals surface area contributed by atoms with Crippen LogP contribution >= 0.6 is 0 Å². The maximum Gasteiger partial charge on any atom is 0.251 e. The molecule has 1 aromatic carbocycles. The van der Waals surface area contributed by atoms with Crippen LogP contribution in [0.4, 0.5) is 5.82 Å². The molecule has 32 heavy (non-hydrogen) atoms. The lowest BCUT2D eigenvalue weighted by atomic mass is 10.1. The standard InChI is InChI=1S/C26H37N5O/c1-2-29-17-19-30(20-18-29)16-13-27-26(32)23-9-7-22(8-10-23)24-11-12-25(28-21-24)31-14-5-3-4-6-15-31/h7-12,21H,2-6,13-20H2,1H3,(H,27,32). The molecule has 2 saturated heterocycles. The van der Waals surface area contributed by atoms with Gasteiger partial charge in [-0.15, -0.1) is 0 Å². The Kier molecular flexibility index (Phi) is 8.13. The van der Waals surface area contributed by atoms with E-state index in [-0.39, 0.29) is 5.91 Å². The lowest BCUT2D eigenvalue weighted by molar-refractivity contribution is 0.0938. The fraction of sp³-hybridized carbons (Fsp3) is 0.538. The Morgan fingerprint density at radius 3 is 2.12 bits per heavy atom. The molecule has 1 amide bonds. The molecule has 0 unspecified atom stereocenters. The maximum atomic E-state index is 12.5. The van der Waals surface area contributed by atoms with Gasteiger partial charge in [0.15, 0.2) is 0 Å². The number of likely N-dealkylation sites (N-methyl/N-ethyl adjacent to an activating group) is 1. The van der Waals surface area contributed by atoms with Crippen LogP contribution in [0.2, 0.25) is 0 Å². The van der Waals surface area contributed by atoms with Crippen molar-refractivity contribution in [2.75, 3.05) is 63.8 Å². The van der Waals surface area contributed by atoms with Gasteiger partial charge in [0.2, 0.25) is 0 Å². The topological polar surface area (TPSA) is 51.7 Å². The number of pyridine rings is 1. The van der Waals surface area contributed by atoms with E-state index in [1.807, 2.05) is 30.5 Å². The first kappa shape index (κ1) is 22.7. The number of anilines is 1. The fourth-order valence-electron chi connectivity index (χ4n) is 4.62. The third kappa shape index (κ3) is 6.08. The highest BCUT2D eigenvalue weighted by molar-refractivity contribution is 5.94. The second-order valence-electron chi connectivity index (χ2n) is 8.92. The summed E-state index contributed by atoms with van der Waals surface area (Å²) in [7, 11) is 0. The number of nitrogens with zero attached hydrogens (tertiary/aromatic N) is 4. The van der Waals surface area contributed by atoms with Crippen LogP contribution in [0.5, 0.6) is 0 Å². The number of carbonyl (C=O) groups excluding carboxylic acids is 1. The first-order chi connectivity index (χ1) is 15.7. The van der Waals surface area contributed by atoms with Gasteiger partial charge < -0.3 is 15.1 Å². The zero-order valence-corrected chi connectivity index (χ0v) is 19.4. The highest BCUT2D eigenvalue weighted by Crippen LogP contribution is 2.23. The van der Waals surface area contributed by atoms with Gasteiger partial charge in [0.05, 0.1) is 0 Å². The van der Waals surface area contributed by atoms with Crippen molar-refractivity contribution >= 4 is 11.7 Å². The number of hydrogen-bond acceptors (Lipinski definition) is 5. The van der Waals surface area contributed by atoms with Gasteiger partial charge >= 0.3 is 0 Å². The van der Waals surface area contributed by atoms with E-state index in [4.69, 9.17) is 4.98 Å². The minimum absolute atomic E-state index is 0.00150. The molecule has 6 heteroatoms. The lowest BCUT2D eigenvalue weighted by Gasteiger charge is -2.33. The summed E-state index contributed by atoms with van der Waals surface area (Å²) in [4.78, 5) is 24.5. The van der Waals surface area contributed by atoms with E-state index >= 15 is 0 Å². The molecule has 0 radical (unpaired) electrons. The van der Waals surface area contributed by atoms with Crippen molar-refractivity contribution in [3.63, 3.8) is 0 Å². The molecule has 0 saturated carbocycles. The number of benzene rings is 1. The van der Waals surface area contributed by atoms with Gasteiger partial charge in [0.25, 0.3) is 5.91 Å². The fourth-order valence-corrected chi connectivity index (χ4v) is 4.62. The SMILES string of the molecule is CCN1CCN(CCNC(=O)c2ccc(-c3ccc(N4CCCCCC4)nc3)cc2)CC1. The molecule has 6 nitrogen and oxygen atoms in total. The summed E-state index contributed by atoms with van der Waals surface area (Å²) in [6, 6.07) is 12.1. The summed E-state index contributed by atoms with van der Waals surface area (Å²) in [6.07, 6.45) is 7.10. The van der Waals surface area contributed by atoms with Crippen LogP contribution in [0.15, 0.2) is 42.6 Å². The minimum atomic E-state index is -0.00150. The summed E-state index contributed by atoms with van der Waals surface area (Å²) >= 11 is 0. The smallest absolute Gasteiger partial charge is 0.251 e. The highest BCUT2D eigenvalue weighted by atomic mass is 16.1. The molecule has 2 fully saturated rings. The third-order valence-electron chi connectivity index (χ3n) is 6.78. The molecule has 0 aliphatic carbocycles.